The Kier molecular flexibility index (Phi) is 6.99. The van der Waals surface area contributed by atoms with E-state index in [1.165, 1.54) is 16.0 Å². The van der Waals surface area contributed by atoms with Gasteiger partial charge >= 0.3 is 0 Å². The molecule has 4 aromatic rings. The summed E-state index contributed by atoms with van der Waals surface area (Å²) in [5.74, 6) is 0.941. The Labute approximate surface area is 208 Å². The number of aryl methyl sites for hydroxylation is 3. The van der Waals surface area contributed by atoms with E-state index in [1.54, 1.807) is 29.3 Å². The number of ether oxygens (including phenoxy) is 1. The third kappa shape index (κ3) is 4.76. The van der Waals surface area contributed by atoms with Crippen LogP contribution in [0.3, 0.4) is 0 Å². The molecular weight excluding hydrogens is 466 g/mol. The fourth-order valence-corrected chi connectivity index (χ4v) is 6.29. The Morgan fingerprint density at radius 1 is 1.15 bits per heavy atom. The molecule has 34 heavy (non-hydrogen) atoms. The fraction of sp³-hybridized carbons (Fsp3) is 0.333. The molecule has 0 bridgehead atoms. The van der Waals surface area contributed by atoms with E-state index < -0.39 is 0 Å². The third-order valence-electron chi connectivity index (χ3n) is 6.64. The molecule has 1 N–H and O–H groups in total. The molecule has 2 aromatic carbocycles. The monoisotopic (exact) mass is 493 g/mol. The Hall–Kier alpha value is -2.67. The number of hydrogen-bond acceptors (Lipinski definition) is 5. The van der Waals surface area contributed by atoms with E-state index in [2.05, 4.69) is 22.4 Å². The van der Waals surface area contributed by atoms with Gasteiger partial charge in [-0.3, -0.25) is 9.36 Å². The summed E-state index contributed by atoms with van der Waals surface area (Å²) in [6, 6.07) is 16.4. The Balaban J connectivity index is 1.27. The summed E-state index contributed by atoms with van der Waals surface area (Å²) in [4.78, 5) is 20.1. The van der Waals surface area contributed by atoms with Crippen LogP contribution in [0.1, 0.15) is 28.0 Å². The van der Waals surface area contributed by atoms with Gasteiger partial charge in [0, 0.05) is 22.5 Å². The van der Waals surface area contributed by atoms with Crippen molar-refractivity contribution in [1.82, 2.24) is 14.9 Å². The van der Waals surface area contributed by atoms with Crippen LogP contribution in [0.25, 0.3) is 10.2 Å². The maximum atomic E-state index is 13.3. The van der Waals surface area contributed by atoms with Gasteiger partial charge in [-0.15, -0.1) is 11.3 Å². The van der Waals surface area contributed by atoms with E-state index in [0.29, 0.717) is 19.0 Å². The van der Waals surface area contributed by atoms with Gasteiger partial charge in [0.1, 0.15) is 10.6 Å². The summed E-state index contributed by atoms with van der Waals surface area (Å²) in [5.41, 5.74) is 3.53. The molecule has 0 fully saturated rings. The van der Waals surface area contributed by atoms with Crippen LogP contribution in [0.5, 0.6) is 5.75 Å². The molecule has 5 nitrogen and oxygen atoms in total. The smallest absolute Gasteiger partial charge is 0.262 e. The van der Waals surface area contributed by atoms with Crippen LogP contribution in [-0.2, 0) is 32.2 Å². The van der Waals surface area contributed by atoms with Crippen molar-refractivity contribution >= 4 is 33.2 Å². The van der Waals surface area contributed by atoms with E-state index >= 15 is 0 Å². The number of fused-ring (bicyclic) bond motifs is 3. The van der Waals surface area contributed by atoms with Crippen LogP contribution in [0.15, 0.2) is 59.7 Å². The second-order valence-electron chi connectivity index (χ2n) is 8.72. The largest absolute Gasteiger partial charge is 0.496 e. The van der Waals surface area contributed by atoms with Crippen molar-refractivity contribution in [2.75, 3.05) is 13.7 Å². The minimum absolute atomic E-state index is 0.0668. The van der Waals surface area contributed by atoms with Gasteiger partial charge in [-0.05, 0) is 67.5 Å². The molecule has 1 unspecified atom stereocenters. The summed E-state index contributed by atoms with van der Waals surface area (Å²) in [5, 5.41) is 5.26. The number of thiophene rings is 1. The molecule has 1 atom stereocenters. The van der Waals surface area contributed by atoms with Gasteiger partial charge in [-0.1, -0.05) is 48.0 Å². The van der Waals surface area contributed by atoms with Crippen LogP contribution in [0, 0.1) is 0 Å². The van der Waals surface area contributed by atoms with Gasteiger partial charge in [-0.25, -0.2) is 4.98 Å². The quantitative estimate of drug-likeness (QED) is 0.373. The standard InChI is InChI=1S/C27H28ClN3O2S/c1-33-23-9-5-3-7-19(23)12-14-29-20-10-11-21-24(16-20)34-26-25(21)27(32)31(17-30-26)15-13-18-6-2-4-8-22(18)28/h2-9,17,20,29H,10-16H2,1H3. The highest BCUT2D eigenvalue weighted by Crippen LogP contribution is 2.33. The summed E-state index contributed by atoms with van der Waals surface area (Å²) in [7, 11) is 1.72. The first-order valence-electron chi connectivity index (χ1n) is 11.7. The van der Waals surface area contributed by atoms with Gasteiger partial charge in [0.2, 0.25) is 0 Å². The van der Waals surface area contributed by atoms with Crippen molar-refractivity contribution in [3.8, 4) is 5.75 Å². The Morgan fingerprint density at radius 3 is 2.76 bits per heavy atom. The van der Waals surface area contributed by atoms with E-state index in [0.717, 1.165) is 58.8 Å². The van der Waals surface area contributed by atoms with E-state index in [9.17, 15) is 4.79 Å². The average molecular weight is 494 g/mol. The normalized spacial score (nSPS) is 15.4. The lowest BCUT2D eigenvalue weighted by Gasteiger charge is -2.23. The highest BCUT2D eigenvalue weighted by Gasteiger charge is 2.25. The molecule has 1 aliphatic rings. The Bertz CT molecular complexity index is 1360. The van der Waals surface area contributed by atoms with Crippen LogP contribution in [-0.4, -0.2) is 29.2 Å². The Morgan fingerprint density at radius 2 is 1.94 bits per heavy atom. The summed E-state index contributed by atoms with van der Waals surface area (Å²) >= 11 is 7.96. The molecule has 2 heterocycles. The van der Waals surface area contributed by atoms with Crippen LogP contribution in [0.2, 0.25) is 5.02 Å². The number of hydrogen-bond donors (Lipinski definition) is 1. The number of nitrogens with zero attached hydrogens (tertiary/aromatic N) is 2. The predicted molar refractivity (Wildman–Crippen MR) is 140 cm³/mol. The fourth-order valence-electron chi connectivity index (χ4n) is 4.80. The van der Waals surface area contributed by atoms with Crippen LogP contribution >= 0.6 is 22.9 Å². The van der Waals surface area contributed by atoms with Gasteiger partial charge in [0.25, 0.3) is 5.56 Å². The number of benzene rings is 2. The number of rotatable bonds is 8. The second kappa shape index (κ2) is 10.3. The number of halogens is 1. The zero-order valence-corrected chi connectivity index (χ0v) is 20.8. The SMILES string of the molecule is COc1ccccc1CCNC1CCc2c(sc3ncn(CCc4ccccc4Cl)c(=O)c23)C1. The maximum Gasteiger partial charge on any atom is 0.262 e. The van der Waals surface area contributed by atoms with Crippen LogP contribution in [0.4, 0.5) is 0 Å². The van der Waals surface area contributed by atoms with Gasteiger partial charge in [0.05, 0.1) is 18.8 Å². The van der Waals surface area contributed by atoms with Gasteiger partial charge in [0.15, 0.2) is 0 Å². The van der Waals surface area contributed by atoms with Gasteiger partial charge in [-0.2, -0.15) is 0 Å². The van der Waals surface area contributed by atoms with Gasteiger partial charge < -0.3 is 10.1 Å². The van der Waals surface area contributed by atoms with E-state index in [-0.39, 0.29) is 5.56 Å². The predicted octanol–water partition coefficient (Wildman–Crippen LogP) is 5.05. The molecule has 0 saturated carbocycles. The lowest BCUT2D eigenvalue weighted by molar-refractivity contribution is 0.407. The molecule has 0 amide bonds. The molecule has 7 heteroatoms. The molecule has 0 saturated heterocycles. The van der Waals surface area contributed by atoms with Crippen molar-refractivity contribution in [3.63, 3.8) is 0 Å². The summed E-state index contributed by atoms with van der Waals surface area (Å²) in [6.45, 7) is 1.47. The van der Waals surface area contributed by atoms with Crippen molar-refractivity contribution in [1.29, 1.82) is 0 Å². The van der Waals surface area contributed by atoms with Crippen molar-refractivity contribution in [3.05, 3.63) is 91.8 Å². The number of methoxy groups -OCH3 is 1. The second-order valence-corrected chi connectivity index (χ2v) is 10.2. The first-order valence-corrected chi connectivity index (χ1v) is 12.9. The molecule has 5 rings (SSSR count). The minimum Gasteiger partial charge on any atom is -0.496 e. The zero-order valence-electron chi connectivity index (χ0n) is 19.2. The van der Waals surface area contributed by atoms with Crippen molar-refractivity contribution in [2.24, 2.45) is 0 Å². The molecule has 0 aliphatic heterocycles. The molecule has 1 aliphatic carbocycles. The van der Waals surface area contributed by atoms with Crippen molar-refractivity contribution in [2.45, 2.75) is 44.7 Å². The first kappa shape index (κ1) is 23.1. The number of para-hydroxylation sites is 1. The lowest BCUT2D eigenvalue weighted by Crippen LogP contribution is -2.35. The highest BCUT2D eigenvalue weighted by atomic mass is 35.5. The molecule has 176 valence electrons. The average Bonchev–Trinajstić information content (AvgIpc) is 3.23. The van der Waals surface area contributed by atoms with Crippen LogP contribution < -0.4 is 15.6 Å². The molecular formula is C27H28ClN3O2S. The lowest BCUT2D eigenvalue weighted by atomic mass is 9.93. The first-order chi connectivity index (χ1) is 16.6. The van der Waals surface area contributed by atoms with E-state index in [1.807, 2.05) is 36.4 Å². The summed E-state index contributed by atoms with van der Waals surface area (Å²) in [6.07, 6.45) is 6.20. The van der Waals surface area contributed by atoms with Crippen molar-refractivity contribution < 1.29 is 4.74 Å². The minimum atomic E-state index is 0.0668. The zero-order chi connectivity index (χ0) is 23.5. The maximum absolute atomic E-state index is 13.3. The molecule has 2 aromatic heterocycles. The molecule has 0 spiro atoms. The van der Waals surface area contributed by atoms with E-state index in [4.69, 9.17) is 16.3 Å². The summed E-state index contributed by atoms with van der Waals surface area (Å²) < 4.78 is 7.20. The number of nitrogens with one attached hydrogen (secondary N) is 1. The molecule has 0 radical (unpaired) electrons. The topological polar surface area (TPSA) is 56.1 Å². The third-order valence-corrected chi connectivity index (χ3v) is 8.17. The highest BCUT2D eigenvalue weighted by molar-refractivity contribution is 7.18. The number of aromatic nitrogens is 2.